The van der Waals surface area contributed by atoms with Crippen molar-refractivity contribution in [1.29, 1.82) is 0 Å². The van der Waals surface area contributed by atoms with E-state index in [0.717, 1.165) is 12.5 Å². The number of carbonyl (C=O) groups is 2. The highest BCUT2D eigenvalue weighted by Gasteiger charge is 2.34. The third-order valence-corrected chi connectivity index (χ3v) is 2.97. The summed E-state index contributed by atoms with van der Waals surface area (Å²) in [6.07, 6.45) is 1.79. The van der Waals surface area contributed by atoms with E-state index in [4.69, 9.17) is 5.11 Å². The number of urea groups is 1. The Hall–Kier alpha value is -1.26. The first kappa shape index (κ1) is 12.8. The van der Waals surface area contributed by atoms with Crippen molar-refractivity contribution in [3.8, 4) is 0 Å². The van der Waals surface area contributed by atoms with Crippen LogP contribution in [-0.2, 0) is 4.79 Å². The first-order chi connectivity index (χ1) is 7.50. The van der Waals surface area contributed by atoms with Gasteiger partial charge in [0.25, 0.3) is 0 Å². The van der Waals surface area contributed by atoms with Crippen molar-refractivity contribution in [1.82, 2.24) is 10.2 Å². The first-order valence-electron chi connectivity index (χ1n) is 5.71. The van der Waals surface area contributed by atoms with E-state index < -0.39 is 5.97 Å². The van der Waals surface area contributed by atoms with Crippen LogP contribution in [0, 0.1) is 11.8 Å². The van der Waals surface area contributed by atoms with Crippen LogP contribution in [0.1, 0.15) is 26.2 Å². The summed E-state index contributed by atoms with van der Waals surface area (Å²) < 4.78 is 0. The molecule has 0 bridgehead atoms. The second kappa shape index (κ2) is 5.72. The van der Waals surface area contributed by atoms with Crippen LogP contribution in [0.3, 0.4) is 0 Å². The molecule has 1 fully saturated rings. The van der Waals surface area contributed by atoms with Gasteiger partial charge in [-0.1, -0.05) is 6.92 Å². The molecular weight excluding hydrogens is 208 g/mol. The molecule has 5 nitrogen and oxygen atoms in total. The Labute approximate surface area is 95.8 Å². The predicted molar refractivity (Wildman–Crippen MR) is 60.2 cm³/mol. The Kier molecular flexibility index (Phi) is 4.58. The van der Waals surface area contributed by atoms with Crippen LogP contribution in [0.2, 0.25) is 0 Å². The minimum Gasteiger partial charge on any atom is -0.481 e. The number of rotatable bonds is 6. The molecule has 1 aliphatic rings. The summed E-state index contributed by atoms with van der Waals surface area (Å²) in [5.41, 5.74) is 0. The van der Waals surface area contributed by atoms with Crippen LogP contribution >= 0.6 is 0 Å². The van der Waals surface area contributed by atoms with E-state index >= 15 is 0 Å². The molecule has 0 aromatic heterocycles. The molecule has 1 aliphatic carbocycles. The normalized spacial score (nSPS) is 22.6. The highest BCUT2D eigenvalue weighted by molar-refractivity contribution is 5.74. The molecule has 16 heavy (non-hydrogen) atoms. The lowest BCUT2D eigenvalue weighted by Crippen LogP contribution is -2.39. The van der Waals surface area contributed by atoms with E-state index in [2.05, 4.69) is 12.2 Å². The average Bonchev–Trinajstić information content (AvgIpc) is 2.88. The van der Waals surface area contributed by atoms with Gasteiger partial charge in [-0.15, -0.1) is 0 Å². The second-order valence-corrected chi connectivity index (χ2v) is 4.58. The van der Waals surface area contributed by atoms with Crippen molar-refractivity contribution in [3.05, 3.63) is 0 Å². The average molecular weight is 228 g/mol. The fourth-order valence-electron chi connectivity index (χ4n) is 1.66. The number of hydrogen-bond acceptors (Lipinski definition) is 2. The van der Waals surface area contributed by atoms with Crippen molar-refractivity contribution in [3.63, 3.8) is 0 Å². The van der Waals surface area contributed by atoms with Gasteiger partial charge in [0.1, 0.15) is 0 Å². The van der Waals surface area contributed by atoms with Gasteiger partial charge in [-0.2, -0.15) is 0 Å². The van der Waals surface area contributed by atoms with Gasteiger partial charge in [0, 0.05) is 26.6 Å². The maximum Gasteiger partial charge on any atom is 0.317 e. The third kappa shape index (κ3) is 4.51. The first-order valence-corrected chi connectivity index (χ1v) is 5.71. The number of nitrogens with one attached hydrogen (secondary N) is 1. The Balaban J connectivity index is 2.06. The Bertz CT molecular complexity index is 268. The molecule has 92 valence electrons. The lowest BCUT2D eigenvalue weighted by Gasteiger charge is -2.17. The number of amides is 2. The number of carboxylic acid groups (broad SMARTS) is 1. The molecule has 0 saturated heterocycles. The van der Waals surface area contributed by atoms with E-state index in [1.807, 2.05) is 0 Å². The summed E-state index contributed by atoms with van der Waals surface area (Å²) in [7, 11) is 1.78. The fourth-order valence-corrected chi connectivity index (χ4v) is 1.66. The predicted octanol–water partition coefficient (Wildman–Crippen LogP) is 1.15. The summed E-state index contributed by atoms with van der Waals surface area (Å²) >= 11 is 0. The number of carbonyl (C=O) groups excluding carboxylic acids is 1. The van der Waals surface area contributed by atoms with Crippen molar-refractivity contribution in [2.75, 3.05) is 20.1 Å². The van der Waals surface area contributed by atoms with Gasteiger partial charge in [0.05, 0.1) is 0 Å². The SMILES string of the molecule is CC1CC1CN(C)C(=O)NCCCC(=O)O. The molecule has 0 aromatic carbocycles. The van der Waals surface area contributed by atoms with Gasteiger partial charge in [0.2, 0.25) is 0 Å². The van der Waals surface area contributed by atoms with E-state index in [1.165, 1.54) is 6.42 Å². The molecule has 1 rings (SSSR count). The summed E-state index contributed by atoms with van der Waals surface area (Å²) in [6, 6.07) is -0.107. The Morgan fingerprint density at radius 1 is 1.50 bits per heavy atom. The molecule has 0 heterocycles. The standard InChI is InChI=1S/C11H20N2O3/c1-8-6-9(8)7-13(2)11(16)12-5-3-4-10(14)15/h8-9H,3-7H2,1-2H3,(H,12,16)(H,14,15). The number of aliphatic carboxylic acids is 1. The summed E-state index contributed by atoms with van der Waals surface area (Å²) in [4.78, 5) is 23.4. The minimum absolute atomic E-state index is 0.101. The molecule has 0 aliphatic heterocycles. The summed E-state index contributed by atoms with van der Waals surface area (Å²) in [6.45, 7) is 3.41. The molecule has 5 heteroatoms. The lowest BCUT2D eigenvalue weighted by atomic mass is 10.3. The Morgan fingerprint density at radius 3 is 2.62 bits per heavy atom. The van der Waals surface area contributed by atoms with Crippen molar-refractivity contribution >= 4 is 12.0 Å². The maximum atomic E-state index is 11.5. The maximum absolute atomic E-state index is 11.5. The van der Waals surface area contributed by atoms with Crippen molar-refractivity contribution in [2.24, 2.45) is 11.8 Å². The van der Waals surface area contributed by atoms with E-state index in [9.17, 15) is 9.59 Å². The second-order valence-electron chi connectivity index (χ2n) is 4.58. The number of nitrogens with zero attached hydrogens (tertiary/aromatic N) is 1. The molecular formula is C11H20N2O3. The largest absolute Gasteiger partial charge is 0.481 e. The molecule has 0 aromatic rings. The number of hydrogen-bond donors (Lipinski definition) is 2. The molecule has 2 amide bonds. The van der Waals surface area contributed by atoms with Crippen LogP contribution in [0.15, 0.2) is 0 Å². The van der Waals surface area contributed by atoms with E-state index in [-0.39, 0.29) is 12.5 Å². The van der Waals surface area contributed by atoms with Crippen LogP contribution < -0.4 is 5.32 Å². The highest BCUT2D eigenvalue weighted by atomic mass is 16.4. The van der Waals surface area contributed by atoms with E-state index in [0.29, 0.717) is 18.9 Å². The number of carboxylic acids is 1. The van der Waals surface area contributed by atoms with Crippen molar-refractivity contribution < 1.29 is 14.7 Å². The van der Waals surface area contributed by atoms with E-state index in [1.54, 1.807) is 11.9 Å². The Morgan fingerprint density at radius 2 is 2.12 bits per heavy atom. The van der Waals surface area contributed by atoms with Gasteiger partial charge >= 0.3 is 12.0 Å². The van der Waals surface area contributed by atoms with Crippen LogP contribution in [0.4, 0.5) is 4.79 Å². The molecule has 2 N–H and O–H groups in total. The van der Waals surface area contributed by atoms with Crippen LogP contribution in [-0.4, -0.2) is 42.1 Å². The zero-order chi connectivity index (χ0) is 12.1. The van der Waals surface area contributed by atoms with Gasteiger partial charge in [-0.05, 0) is 24.7 Å². The molecule has 1 saturated carbocycles. The topological polar surface area (TPSA) is 69.6 Å². The van der Waals surface area contributed by atoms with Crippen LogP contribution in [0.25, 0.3) is 0 Å². The van der Waals surface area contributed by atoms with Gasteiger partial charge in [-0.25, -0.2) is 4.79 Å². The third-order valence-electron chi connectivity index (χ3n) is 2.97. The molecule has 2 unspecified atom stereocenters. The van der Waals surface area contributed by atoms with Gasteiger partial charge < -0.3 is 15.3 Å². The quantitative estimate of drug-likeness (QED) is 0.670. The monoisotopic (exact) mass is 228 g/mol. The zero-order valence-electron chi connectivity index (χ0n) is 9.90. The molecule has 2 atom stereocenters. The van der Waals surface area contributed by atoms with Crippen LogP contribution in [0.5, 0.6) is 0 Å². The van der Waals surface area contributed by atoms with Gasteiger partial charge in [0.15, 0.2) is 0 Å². The smallest absolute Gasteiger partial charge is 0.317 e. The highest BCUT2D eigenvalue weighted by Crippen LogP contribution is 2.37. The minimum atomic E-state index is -0.825. The molecule has 0 spiro atoms. The van der Waals surface area contributed by atoms with Crippen molar-refractivity contribution in [2.45, 2.75) is 26.2 Å². The zero-order valence-corrected chi connectivity index (χ0v) is 9.90. The fraction of sp³-hybridized carbons (Fsp3) is 0.818. The lowest BCUT2D eigenvalue weighted by molar-refractivity contribution is -0.137. The molecule has 0 radical (unpaired) electrons. The summed E-state index contributed by atoms with van der Waals surface area (Å²) in [5, 5.41) is 11.1. The summed E-state index contributed by atoms with van der Waals surface area (Å²) in [5.74, 6) is 0.562. The van der Waals surface area contributed by atoms with Gasteiger partial charge in [-0.3, -0.25) is 4.79 Å².